The van der Waals surface area contributed by atoms with Crippen molar-refractivity contribution in [3.05, 3.63) is 57.8 Å². The minimum atomic E-state index is -0.419. The van der Waals surface area contributed by atoms with Gasteiger partial charge in [0.2, 0.25) is 5.91 Å². The molecule has 1 fully saturated rings. The number of ether oxygens (including phenoxy) is 1. The summed E-state index contributed by atoms with van der Waals surface area (Å²) in [6.07, 6.45) is 0. The van der Waals surface area contributed by atoms with Crippen LogP contribution in [0.2, 0.25) is 0 Å². The van der Waals surface area contributed by atoms with Gasteiger partial charge < -0.3 is 21.1 Å². The molecule has 0 saturated carbocycles. The molecular weight excluding hydrogens is 386 g/mol. The summed E-state index contributed by atoms with van der Waals surface area (Å²) in [6.45, 7) is 7.55. The molecule has 1 aromatic carbocycles. The number of morpholine rings is 1. The molecule has 2 aromatic rings. The van der Waals surface area contributed by atoms with Gasteiger partial charge in [0.25, 0.3) is 0 Å². The van der Waals surface area contributed by atoms with Crippen molar-refractivity contribution in [2.75, 3.05) is 39.4 Å². The van der Waals surface area contributed by atoms with E-state index in [1.54, 1.807) is 23.5 Å². The van der Waals surface area contributed by atoms with Gasteiger partial charge in [-0.3, -0.25) is 9.69 Å². The predicted octanol–water partition coefficient (Wildman–Crippen LogP) is 1.98. The van der Waals surface area contributed by atoms with Crippen LogP contribution in [0.25, 0.3) is 0 Å². The summed E-state index contributed by atoms with van der Waals surface area (Å²) < 4.78 is 5.52. The molecule has 4 N–H and O–H groups in total. The SMILES string of the molecule is CCNC(=NCc1ccc(C(N)=O)cc1)NCC(c1cccs1)N1CCOCC1. The van der Waals surface area contributed by atoms with E-state index in [0.29, 0.717) is 12.1 Å². The Hall–Kier alpha value is -2.42. The third-order valence-electron chi connectivity index (χ3n) is 4.82. The van der Waals surface area contributed by atoms with E-state index in [4.69, 9.17) is 15.5 Å². The van der Waals surface area contributed by atoms with Crippen LogP contribution in [0.5, 0.6) is 0 Å². The van der Waals surface area contributed by atoms with Crippen molar-refractivity contribution >= 4 is 23.2 Å². The van der Waals surface area contributed by atoms with Crippen LogP contribution in [-0.4, -0.2) is 56.2 Å². The van der Waals surface area contributed by atoms with Crippen molar-refractivity contribution in [3.63, 3.8) is 0 Å². The molecule has 0 radical (unpaired) electrons. The molecule has 1 unspecified atom stereocenters. The van der Waals surface area contributed by atoms with Crippen LogP contribution in [0.1, 0.15) is 33.8 Å². The summed E-state index contributed by atoms with van der Waals surface area (Å²) in [4.78, 5) is 19.7. The smallest absolute Gasteiger partial charge is 0.248 e. The fraction of sp³-hybridized carbons (Fsp3) is 0.429. The highest BCUT2D eigenvalue weighted by Crippen LogP contribution is 2.25. The number of nitrogens with two attached hydrogens (primary N) is 1. The number of thiophene rings is 1. The van der Waals surface area contributed by atoms with Crippen molar-refractivity contribution < 1.29 is 9.53 Å². The number of hydrogen-bond acceptors (Lipinski definition) is 5. The number of rotatable bonds is 8. The van der Waals surface area contributed by atoms with E-state index < -0.39 is 5.91 Å². The molecule has 156 valence electrons. The zero-order chi connectivity index (χ0) is 20.5. The lowest BCUT2D eigenvalue weighted by atomic mass is 10.1. The predicted molar refractivity (Wildman–Crippen MR) is 117 cm³/mol. The zero-order valence-corrected chi connectivity index (χ0v) is 17.6. The van der Waals surface area contributed by atoms with Gasteiger partial charge >= 0.3 is 0 Å². The molecule has 1 aliphatic rings. The van der Waals surface area contributed by atoms with E-state index in [2.05, 4.69) is 40.0 Å². The maximum absolute atomic E-state index is 11.2. The summed E-state index contributed by atoms with van der Waals surface area (Å²) >= 11 is 1.78. The highest BCUT2D eigenvalue weighted by atomic mass is 32.1. The molecule has 0 bridgehead atoms. The third-order valence-corrected chi connectivity index (χ3v) is 5.80. The Morgan fingerprint density at radius 1 is 1.24 bits per heavy atom. The Morgan fingerprint density at radius 3 is 2.62 bits per heavy atom. The minimum Gasteiger partial charge on any atom is -0.379 e. The van der Waals surface area contributed by atoms with E-state index in [1.807, 2.05) is 12.1 Å². The standard InChI is InChI=1S/C21H29N5O2S/c1-2-23-21(24-14-16-5-7-17(8-6-16)20(22)27)25-15-18(19-4-3-13-29-19)26-9-11-28-12-10-26/h3-8,13,18H,2,9-12,14-15H2,1H3,(H2,22,27)(H2,23,24,25). The molecule has 1 atom stereocenters. The molecule has 29 heavy (non-hydrogen) atoms. The fourth-order valence-corrected chi connectivity index (χ4v) is 4.12. The average molecular weight is 416 g/mol. The summed E-state index contributed by atoms with van der Waals surface area (Å²) in [7, 11) is 0. The fourth-order valence-electron chi connectivity index (χ4n) is 3.26. The Morgan fingerprint density at radius 2 is 2.00 bits per heavy atom. The third kappa shape index (κ3) is 6.28. The highest BCUT2D eigenvalue weighted by molar-refractivity contribution is 7.10. The van der Waals surface area contributed by atoms with E-state index >= 15 is 0 Å². The summed E-state index contributed by atoms with van der Waals surface area (Å²) in [5, 5.41) is 8.93. The normalized spacial score (nSPS) is 16.4. The van der Waals surface area contributed by atoms with Crippen LogP contribution in [0, 0.1) is 0 Å². The number of nitrogens with one attached hydrogen (secondary N) is 2. The van der Waals surface area contributed by atoms with E-state index in [1.165, 1.54) is 4.88 Å². The van der Waals surface area contributed by atoms with Crippen LogP contribution in [0.4, 0.5) is 0 Å². The van der Waals surface area contributed by atoms with Gasteiger partial charge in [0.1, 0.15) is 0 Å². The van der Waals surface area contributed by atoms with Crippen molar-refractivity contribution in [1.29, 1.82) is 0 Å². The first-order chi connectivity index (χ1) is 14.2. The molecule has 7 nitrogen and oxygen atoms in total. The molecule has 1 saturated heterocycles. The Kier molecular flexibility index (Phi) is 8.03. The van der Waals surface area contributed by atoms with E-state index in [9.17, 15) is 4.79 Å². The molecule has 2 heterocycles. The first-order valence-electron chi connectivity index (χ1n) is 9.93. The summed E-state index contributed by atoms with van der Waals surface area (Å²) in [5.41, 5.74) is 6.83. The summed E-state index contributed by atoms with van der Waals surface area (Å²) in [5.74, 6) is 0.360. The second kappa shape index (κ2) is 10.9. The number of hydrogen-bond donors (Lipinski definition) is 3. The van der Waals surface area contributed by atoms with Gasteiger partial charge in [0.05, 0.1) is 25.8 Å². The monoisotopic (exact) mass is 415 g/mol. The molecule has 1 amide bonds. The lowest BCUT2D eigenvalue weighted by molar-refractivity contribution is 0.0177. The zero-order valence-electron chi connectivity index (χ0n) is 16.8. The van der Waals surface area contributed by atoms with Crippen LogP contribution in [-0.2, 0) is 11.3 Å². The molecule has 8 heteroatoms. The molecule has 0 spiro atoms. The molecule has 1 aromatic heterocycles. The quantitative estimate of drug-likeness (QED) is 0.453. The highest BCUT2D eigenvalue weighted by Gasteiger charge is 2.23. The number of primary amides is 1. The lowest BCUT2D eigenvalue weighted by Gasteiger charge is -2.34. The largest absolute Gasteiger partial charge is 0.379 e. The molecule has 1 aliphatic heterocycles. The Bertz CT molecular complexity index is 786. The maximum Gasteiger partial charge on any atom is 0.248 e. The lowest BCUT2D eigenvalue weighted by Crippen LogP contribution is -2.46. The summed E-state index contributed by atoms with van der Waals surface area (Å²) in [6, 6.07) is 11.8. The Labute approximate surface area is 176 Å². The molecular formula is C21H29N5O2S. The number of carbonyl (C=O) groups excluding carboxylic acids is 1. The second-order valence-corrected chi connectivity index (χ2v) is 7.80. The van der Waals surface area contributed by atoms with Crippen LogP contribution >= 0.6 is 11.3 Å². The number of nitrogens with zero attached hydrogens (tertiary/aromatic N) is 2. The molecule has 3 rings (SSSR count). The van der Waals surface area contributed by atoms with E-state index in [0.717, 1.165) is 50.9 Å². The Balaban J connectivity index is 1.64. The first-order valence-corrected chi connectivity index (χ1v) is 10.8. The number of guanidine groups is 1. The van der Waals surface area contributed by atoms with Crippen LogP contribution < -0.4 is 16.4 Å². The van der Waals surface area contributed by atoms with Crippen molar-refractivity contribution in [2.45, 2.75) is 19.5 Å². The van der Waals surface area contributed by atoms with Gasteiger partial charge in [-0.2, -0.15) is 0 Å². The first kappa shape index (κ1) is 21.3. The second-order valence-electron chi connectivity index (χ2n) is 6.82. The van der Waals surface area contributed by atoms with Gasteiger partial charge in [-0.15, -0.1) is 11.3 Å². The van der Waals surface area contributed by atoms with Crippen LogP contribution in [0.15, 0.2) is 46.8 Å². The number of benzene rings is 1. The van der Waals surface area contributed by atoms with Crippen LogP contribution in [0.3, 0.4) is 0 Å². The maximum atomic E-state index is 11.2. The molecule has 0 aliphatic carbocycles. The topological polar surface area (TPSA) is 92.0 Å². The van der Waals surface area contributed by atoms with Gasteiger partial charge in [-0.1, -0.05) is 18.2 Å². The number of carbonyl (C=O) groups is 1. The van der Waals surface area contributed by atoms with Crippen molar-refractivity contribution in [2.24, 2.45) is 10.7 Å². The minimum absolute atomic E-state index is 0.289. The van der Waals surface area contributed by atoms with Gasteiger partial charge in [0.15, 0.2) is 5.96 Å². The van der Waals surface area contributed by atoms with Crippen molar-refractivity contribution in [1.82, 2.24) is 15.5 Å². The van der Waals surface area contributed by atoms with Gasteiger partial charge in [-0.05, 0) is 36.1 Å². The van der Waals surface area contributed by atoms with Crippen molar-refractivity contribution in [3.8, 4) is 0 Å². The average Bonchev–Trinajstić information content (AvgIpc) is 3.27. The van der Waals surface area contributed by atoms with E-state index in [-0.39, 0.29) is 6.04 Å². The van der Waals surface area contributed by atoms with Gasteiger partial charge in [-0.25, -0.2) is 4.99 Å². The van der Waals surface area contributed by atoms with Gasteiger partial charge in [0, 0.05) is 36.6 Å². The number of aliphatic imine (C=N–C) groups is 1. The number of amides is 1.